The Morgan fingerprint density at radius 2 is 2.28 bits per heavy atom. The molecule has 4 heteroatoms. The summed E-state index contributed by atoms with van der Waals surface area (Å²) in [6.07, 6.45) is 3.38. The molecule has 98 valence electrons. The quantitative estimate of drug-likeness (QED) is 0.753. The van der Waals surface area contributed by atoms with Gasteiger partial charge in [0.05, 0.1) is 13.2 Å². The van der Waals surface area contributed by atoms with Gasteiger partial charge in [-0.3, -0.25) is 4.79 Å². The van der Waals surface area contributed by atoms with Gasteiger partial charge in [0.15, 0.2) is 0 Å². The van der Waals surface area contributed by atoms with E-state index in [1.807, 2.05) is 6.92 Å². The molecule has 0 unspecified atom stereocenters. The maximum Gasteiger partial charge on any atom is 0.251 e. The number of carbonyl (C=O) groups excluding carboxylic acids is 2. The lowest BCUT2D eigenvalue weighted by molar-refractivity contribution is -0.109. The molecule has 0 radical (unpaired) electrons. The zero-order valence-electron chi connectivity index (χ0n) is 10.8. The van der Waals surface area contributed by atoms with Crippen molar-refractivity contribution in [2.45, 2.75) is 32.2 Å². The van der Waals surface area contributed by atoms with E-state index < -0.39 is 6.04 Å². The van der Waals surface area contributed by atoms with E-state index in [0.29, 0.717) is 17.7 Å². The normalized spacial score (nSPS) is 11.7. The standard InChI is InChI=1S/C14H19NO3/c1-3-4-7-12(10-16)15-14(17)11-6-5-8-13(9-11)18-2/h5-6,8-10,12H,3-4,7H2,1-2H3,(H,15,17)/t12-/m0/s1. The van der Waals surface area contributed by atoms with Crippen molar-refractivity contribution in [2.75, 3.05) is 7.11 Å². The van der Waals surface area contributed by atoms with Gasteiger partial charge in [0.2, 0.25) is 0 Å². The Hall–Kier alpha value is -1.84. The molecule has 1 amide bonds. The van der Waals surface area contributed by atoms with Gasteiger partial charge < -0.3 is 14.8 Å². The molecule has 0 aliphatic rings. The van der Waals surface area contributed by atoms with Crippen molar-refractivity contribution in [1.82, 2.24) is 5.32 Å². The summed E-state index contributed by atoms with van der Waals surface area (Å²) in [7, 11) is 1.55. The summed E-state index contributed by atoms with van der Waals surface area (Å²) in [5.41, 5.74) is 0.498. The van der Waals surface area contributed by atoms with E-state index in [2.05, 4.69) is 5.32 Å². The fourth-order valence-electron chi connectivity index (χ4n) is 1.61. The monoisotopic (exact) mass is 249 g/mol. The molecule has 0 heterocycles. The molecule has 1 aromatic carbocycles. The Kier molecular flexibility index (Phi) is 5.91. The predicted molar refractivity (Wildman–Crippen MR) is 69.8 cm³/mol. The average Bonchev–Trinajstić information content (AvgIpc) is 2.43. The van der Waals surface area contributed by atoms with Gasteiger partial charge in [-0.25, -0.2) is 0 Å². The number of hydrogen-bond acceptors (Lipinski definition) is 3. The minimum atomic E-state index is -0.413. The Morgan fingerprint density at radius 3 is 2.89 bits per heavy atom. The third-order valence-corrected chi connectivity index (χ3v) is 2.68. The van der Waals surface area contributed by atoms with Gasteiger partial charge in [-0.1, -0.05) is 25.8 Å². The van der Waals surface area contributed by atoms with Gasteiger partial charge in [0.25, 0.3) is 5.91 Å². The van der Waals surface area contributed by atoms with Crippen LogP contribution in [0.25, 0.3) is 0 Å². The highest BCUT2D eigenvalue weighted by Crippen LogP contribution is 2.12. The molecule has 0 saturated heterocycles. The van der Waals surface area contributed by atoms with Crippen molar-refractivity contribution >= 4 is 12.2 Å². The maximum absolute atomic E-state index is 11.9. The van der Waals surface area contributed by atoms with Gasteiger partial charge in [-0.15, -0.1) is 0 Å². The molecule has 0 fully saturated rings. The molecule has 1 aromatic rings. The summed E-state index contributed by atoms with van der Waals surface area (Å²) in [5.74, 6) is 0.376. The van der Waals surface area contributed by atoms with Crippen LogP contribution in [0.3, 0.4) is 0 Å². The minimum absolute atomic E-state index is 0.248. The van der Waals surface area contributed by atoms with Gasteiger partial charge in [0.1, 0.15) is 12.0 Å². The Balaban J connectivity index is 2.65. The molecule has 1 atom stereocenters. The van der Waals surface area contributed by atoms with Crippen molar-refractivity contribution < 1.29 is 14.3 Å². The lowest BCUT2D eigenvalue weighted by atomic mass is 10.1. The molecule has 4 nitrogen and oxygen atoms in total. The molecular formula is C14H19NO3. The summed E-state index contributed by atoms with van der Waals surface area (Å²) >= 11 is 0. The van der Waals surface area contributed by atoms with Crippen LogP contribution in [0, 0.1) is 0 Å². The number of benzene rings is 1. The lowest BCUT2D eigenvalue weighted by Gasteiger charge is -2.12. The van der Waals surface area contributed by atoms with Crippen molar-refractivity contribution in [3.05, 3.63) is 29.8 Å². The summed E-state index contributed by atoms with van der Waals surface area (Å²) in [6, 6.07) is 6.45. The Morgan fingerprint density at radius 1 is 1.50 bits per heavy atom. The lowest BCUT2D eigenvalue weighted by Crippen LogP contribution is -2.35. The summed E-state index contributed by atoms with van der Waals surface area (Å²) in [6.45, 7) is 2.05. The van der Waals surface area contributed by atoms with Crippen LogP contribution < -0.4 is 10.1 Å². The number of rotatable bonds is 7. The first kappa shape index (κ1) is 14.2. The van der Waals surface area contributed by atoms with Crippen molar-refractivity contribution in [1.29, 1.82) is 0 Å². The van der Waals surface area contributed by atoms with E-state index in [0.717, 1.165) is 19.1 Å². The van der Waals surface area contributed by atoms with E-state index in [9.17, 15) is 9.59 Å². The van der Waals surface area contributed by atoms with Crippen molar-refractivity contribution in [3.63, 3.8) is 0 Å². The first-order valence-electron chi connectivity index (χ1n) is 6.11. The van der Waals surface area contributed by atoms with Crippen LogP contribution in [0.5, 0.6) is 5.75 Å². The number of methoxy groups -OCH3 is 1. The van der Waals surface area contributed by atoms with Gasteiger partial charge in [0, 0.05) is 5.56 Å². The number of carbonyl (C=O) groups is 2. The van der Waals surface area contributed by atoms with Crippen LogP contribution in [0.15, 0.2) is 24.3 Å². The van der Waals surface area contributed by atoms with Gasteiger partial charge in [-0.2, -0.15) is 0 Å². The average molecular weight is 249 g/mol. The highest BCUT2D eigenvalue weighted by molar-refractivity contribution is 5.95. The Bertz CT molecular complexity index is 404. The molecule has 1 N–H and O–H groups in total. The third-order valence-electron chi connectivity index (χ3n) is 2.68. The molecule has 0 saturated carbocycles. The SMILES string of the molecule is CCCC[C@@H](C=O)NC(=O)c1cccc(OC)c1. The van der Waals surface area contributed by atoms with Crippen molar-refractivity contribution in [2.24, 2.45) is 0 Å². The number of unbranched alkanes of at least 4 members (excludes halogenated alkanes) is 1. The molecule has 0 aromatic heterocycles. The van der Waals surface area contributed by atoms with Crippen LogP contribution >= 0.6 is 0 Å². The highest BCUT2D eigenvalue weighted by atomic mass is 16.5. The van der Waals surface area contributed by atoms with Gasteiger partial charge >= 0.3 is 0 Å². The summed E-state index contributed by atoms with van der Waals surface area (Å²) in [5, 5.41) is 2.71. The zero-order valence-corrected chi connectivity index (χ0v) is 10.8. The van der Waals surface area contributed by atoms with Crippen LogP contribution in [0.4, 0.5) is 0 Å². The molecule has 1 rings (SSSR count). The number of aldehydes is 1. The minimum Gasteiger partial charge on any atom is -0.497 e. The number of nitrogens with one attached hydrogen (secondary N) is 1. The molecule has 0 aliphatic heterocycles. The second-order valence-corrected chi connectivity index (χ2v) is 4.09. The molecule has 0 aliphatic carbocycles. The first-order chi connectivity index (χ1) is 8.71. The fraction of sp³-hybridized carbons (Fsp3) is 0.429. The molecule has 0 bridgehead atoms. The topological polar surface area (TPSA) is 55.4 Å². The smallest absolute Gasteiger partial charge is 0.251 e. The van der Waals surface area contributed by atoms with Crippen LogP contribution in [-0.2, 0) is 4.79 Å². The van der Waals surface area contributed by atoms with E-state index in [1.165, 1.54) is 0 Å². The zero-order chi connectivity index (χ0) is 13.4. The Labute approximate surface area is 107 Å². The van der Waals surface area contributed by atoms with E-state index in [1.54, 1.807) is 31.4 Å². The molecular weight excluding hydrogens is 230 g/mol. The third kappa shape index (κ3) is 4.20. The number of hydrogen-bond donors (Lipinski definition) is 1. The molecule has 0 spiro atoms. The second kappa shape index (κ2) is 7.48. The largest absolute Gasteiger partial charge is 0.497 e. The van der Waals surface area contributed by atoms with Crippen molar-refractivity contribution in [3.8, 4) is 5.75 Å². The summed E-state index contributed by atoms with van der Waals surface area (Å²) < 4.78 is 5.05. The van der Waals surface area contributed by atoms with Crippen LogP contribution in [0.1, 0.15) is 36.5 Å². The highest BCUT2D eigenvalue weighted by Gasteiger charge is 2.12. The first-order valence-corrected chi connectivity index (χ1v) is 6.11. The van der Waals surface area contributed by atoms with Crippen LogP contribution in [0.2, 0.25) is 0 Å². The fourth-order valence-corrected chi connectivity index (χ4v) is 1.61. The van der Waals surface area contributed by atoms with E-state index in [4.69, 9.17) is 4.74 Å². The maximum atomic E-state index is 11.9. The van der Waals surface area contributed by atoms with E-state index >= 15 is 0 Å². The number of ether oxygens (including phenoxy) is 1. The van der Waals surface area contributed by atoms with Gasteiger partial charge in [-0.05, 0) is 24.6 Å². The van der Waals surface area contributed by atoms with Crippen LogP contribution in [-0.4, -0.2) is 25.3 Å². The van der Waals surface area contributed by atoms with E-state index in [-0.39, 0.29) is 5.91 Å². The molecule has 18 heavy (non-hydrogen) atoms. The second-order valence-electron chi connectivity index (χ2n) is 4.09. The number of amides is 1. The summed E-state index contributed by atoms with van der Waals surface area (Å²) in [4.78, 5) is 22.8. The predicted octanol–water partition coefficient (Wildman–Crippen LogP) is 2.18.